The molecule has 7 nitrogen and oxygen atoms in total. The van der Waals surface area contributed by atoms with Crippen LogP contribution in [-0.4, -0.2) is 16.1 Å². The Bertz CT molecular complexity index is 1830. The summed E-state index contributed by atoms with van der Waals surface area (Å²) in [5.41, 5.74) is 9.17. The van der Waals surface area contributed by atoms with Gasteiger partial charge in [-0.2, -0.15) is 5.26 Å². The predicted molar refractivity (Wildman–Crippen MR) is 144 cm³/mol. The second kappa shape index (κ2) is 8.08. The number of para-hydroxylation sites is 1. The first-order valence-corrected chi connectivity index (χ1v) is 12.2. The Morgan fingerprint density at radius 1 is 0.947 bits per heavy atom. The molecular formula is C31H21N5O2. The Morgan fingerprint density at radius 2 is 1.68 bits per heavy atom. The number of ether oxygens (including phenoxy) is 1. The third-order valence-corrected chi connectivity index (χ3v) is 7.48. The Kier molecular flexibility index (Phi) is 4.66. The van der Waals surface area contributed by atoms with Crippen molar-refractivity contribution in [3.8, 4) is 23.2 Å². The van der Waals surface area contributed by atoms with Crippen LogP contribution < -0.4 is 15.4 Å². The number of nitrogens with zero attached hydrogens (tertiary/aromatic N) is 3. The van der Waals surface area contributed by atoms with Crippen LogP contribution >= 0.6 is 0 Å². The van der Waals surface area contributed by atoms with Gasteiger partial charge in [-0.15, -0.1) is 5.10 Å². The van der Waals surface area contributed by atoms with Crippen molar-refractivity contribution < 1.29 is 9.53 Å². The number of nitriles is 1. The maximum atomic E-state index is 14.8. The number of H-pyrrole nitrogens is 1. The van der Waals surface area contributed by atoms with Crippen LogP contribution in [0.15, 0.2) is 109 Å². The molecule has 7 heteroatoms. The topological polar surface area (TPSA) is 108 Å². The molecule has 2 aliphatic rings. The molecule has 4 aromatic carbocycles. The average Bonchev–Trinajstić information content (AvgIpc) is 3.48. The molecule has 0 bridgehead atoms. The molecule has 0 radical (unpaired) electrons. The van der Waals surface area contributed by atoms with Crippen LogP contribution in [0.3, 0.4) is 0 Å². The fourth-order valence-electron chi connectivity index (χ4n) is 5.86. The molecule has 1 amide bonds. The number of aromatic amines is 1. The van der Waals surface area contributed by atoms with E-state index < -0.39 is 5.41 Å². The van der Waals surface area contributed by atoms with Crippen molar-refractivity contribution >= 4 is 22.4 Å². The monoisotopic (exact) mass is 495 g/mol. The van der Waals surface area contributed by atoms with Crippen LogP contribution in [0.5, 0.6) is 5.88 Å². The largest absolute Gasteiger partial charge is 0.420 e. The van der Waals surface area contributed by atoms with Crippen LogP contribution in [0.1, 0.15) is 16.7 Å². The lowest BCUT2D eigenvalue weighted by atomic mass is 9.68. The van der Waals surface area contributed by atoms with Crippen molar-refractivity contribution in [2.75, 3.05) is 4.90 Å². The van der Waals surface area contributed by atoms with Gasteiger partial charge in [-0.25, -0.2) is 0 Å². The molecule has 1 atom stereocenters. The fraction of sp³-hybridized carbons (Fsp3) is 0.0645. The van der Waals surface area contributed by atoms with Crippen molar-refractivity contribution in [2.24, 2.45) is 5.73 Å². The number of benzene rings is 4. The Morgan fingerprint density at radius 3 is 2.53 bits per heavy atom. The van der Waals surface area contributed by atoms with Gasteiger partial charge in [-0.05, 0) is 22.4 Å². The number of amides is 1. The molecule has 7 rings (SSSR count). The number of rotatable bonds is 3. The zero-order valence-corrected chi connectivity index (χ0v) is 20.2. The van der Waals surface area contributed by atoms with Gasteiger partial charge in [-0.1, -0.05) is 91.0 Å². The van der Waals surface area contributed by atoms with Gasteiger partial charge in [-0.3, -0.25) is 9.89 Å². The molecule has 0 saturated carbocycles. The van der Waals surface area contributed by atoms with Gasteiger partial charge in [0.05, 0.1) is 17.8 Å². The van der Waals surface area contributed by atoms with E-state index in [1.54, 1.807) is 4.90 Å². The number of fused-ring (bicyclic) bond motifs is 5. The van der Waals surface area contributed by atoms with Gasteiger partial charge in [0.1, 0.15) is 17.1 Å². The lowest BCUT2D eigenvalue weighted by Crippen LogP contribution is -2.45. The summed E-state index contributed by atoms with van der Waals surface area (Å²) >= 11 is 0. The van der Waals surface area contributed by atoms with E-state index in [0.717, 1.165) is 27.6 Å². The van der Waals surface area contributed by atoms with Crippen molar-refractivity contribution in [3.63, 3.8) is 0 Å². The highest BCUT2D eigenvalue weighted by Crippen LogP contribution is 2.57. The summed E-state index contributed by atoms with van der Waals surface area (Å²) in [5, 5.41) is 20.0. The maximum Gasteiger partial charge on any atom is 0.248 e. The number of hydrogen-bond acceptors (Lipinski definition) is 5. The first kappa shape index (κ1) is 21.9. The summed E-state index contributed by atoms with van der Waals surface area (Å²) < 4.78 is 5.82. The summed E-state index contributed by atoms with van der Waals surface area (Å²) in [6.45, 7) is 0.326. The normalized spacial score (nSPS) is 17.9. The Hall–Kier alpha value is -5.35. The van der Waals surface area contributed by atoms with E-state index in [2.05, 4.69) is 34.5 Å². The Balaban J connectivity index is 1.50. The first-order valence-electron chi connectivity index (χ1n) is 12.2. The zero-order valence-electron chi connectivity index (χ0n) is 20.2. The lowest BCUT2D eigenvalue weighted by Gasteiger charge is -2.33. The number of anilines is 1. The van der Waals surface area contributed by atoms with E-state index in [4.69, 9.17) is 10.5 Å². The minimum atomic E-state index is -1.51. The summed E-state index contributed by atoms with van der Waals surface area (Å²) in [6, 6.07) is 33.6. The summed E-state index contributed by atoms with van der Waals surface area (Å²) in [6.07, 6.45) is 0. The zero-order chi connectivity index (χ0) is 25.9. The van der Waals surface area contributed by atoms with Crippen LogP contribution in [0.25, 0.3) is 22.0 Å². The molecule has 0 unspecified atom stereocenters. The molecule has 0 saturated heterocycles. The van der Waals surface area contributed by atoms with Gasteiger partial charge in [0, 0.05) is 16.8 Å². The summed E-state index contributed by atoms with van der Waals surface area (Å²) in [5.74, 6) is -0.203. The molecule has 3 heterocycles. The molecule has 182 valence electrons. The van der Waals surface area contributed by atoms with Gasteiger partial charge in [0.25, 0.3) is 0 Å². The van der Waals surface area contributed by atoms with E-state index in [-0.39, 0.29) is 23.2 Å². The molecule has 1 spiro atoms. The highest BCUT2D eigenvalue weighted by molar-refractivity contribution is 6.15. The molecule has 5 aromatic rings. The van der Waals surface area contributed by atoms with Gasteiger partial charge >= 0.3 is 0 Å². The smallest absolute Gasteiger partial charge is 0.248 e. The lowest BCUT2D eigenvalue weighted by molar-refractivity contribution is -0.121. The maximum absolute atomic E-state index is 14.8. The molecular weight excluding hydrogens is 474 g/mol. The number of carbonyl (C=O) groups excluding carboxylic acids is 1. The number of aromatic nitrogens is 2. The quantitative estimate of drug-likeness (QED) is 0.360. The van der Waals surface area contributed by atoms with Crippen LogP contribution in [0, 0.1) is 11.3 Å². The van der Waals surface area contributed by atoms with E-state index in [1.807, 2.05) is 78.9 Å². The molecule has 0 fully saturated rings. The second-order valence-electron chi connectivity index (χ2n) is 9.39. The van der Waals surface area contributed by atoms with E-state index in [0.29, 0.717) is 23.4 Å². The average molecular weight is 496 g/mol. The predicted octanol–water partition coefficient (Wildman–Crippen LogP) is 5.15. The number of carbonyl (C=O) groups is 1. The third-order valence-electron chi connectivity index (χ3n) is 7.48. The first-order chi connectivity index (χ1) is 18.6. The fourth-order valence-corrected chi connectivity index (χ4v) is 5.86. The summed E-state index contributed by atoms with van der Waals surface area (Å²) in [7, 11) is 0. The van der Waals surface area contributed by atoms with Gasteiger partial charge in [0.15, 0.2) is 0 Å². The molecule has 3 N–H and O–H groups in total. The van der Waals surface area contributed by atoms with Gasteiger partial charge in [0.2, 0.25) is 17.7 Å². The van der Waals surface area contributed by atoms with Crippen LogP contribution in [0.2, 0.25) is 0 Å². The van der Waals surface area contributed by atoms with E-state index in [9.17, 15) is 10.1 Å². The second-order valence-corrected chi connectivity index (χ2v) is 9.39. The number of nitrogens with two attached hydrogens (primary N) is 1. The Labute approximate surface area is 218 Å². The van der Waals surface area contributed by atoms with Crippen molar-refractivity contribution in [2.45, 2.75) is 12.0 Å². The highest BCUT2D eigenvalue weighted by Gasteiger charge is 2.61. The highest BCUT2D eigenvalue weighted by atomic mass is 16.5. The van der Waals surface area contributed by atoms with Crippen LogP contribution in [-0.2, 0) is 16.8 Å². The minimum Gasteiger partial charge on any atom is -0.420 e. The minimum absolute atomic E-state index is 0.0569. The van der Waals surface area contributed by atoms with Gasteiger partial charge < -0.3 is 15.4 Å². The molecule has 38 heavy (non-hydrogen) atoms. The molecule has 0 aliphatic carbocycles. The number of nitrogens with one attached hydrogen (secondary N) is 1. The third kappa shape index (κ3) is 2.83. The van der Waals surface area contributed by atoms with Crippen molar-refractivity contribution in [1.29, 1.82) is 5.26 Å². The number of hydrogen-bond donors (Lipinski definition) is 2. The standard InChI is InChI=1S/C31H21N5O2/c32-17-24-28(33)38-29-26(27(34-35-29)20-10-2-1-3-11-20)31(24)23-15-6-7-16-25(23)36(30(31)37)18-21-13-8-12-19-9-4-5-14-22(19)21/h1-16H,18,33H2,(H,34,35)/t31-/m1/s1. The van der Waals surface area contributed by atoms with E-state index >= 15 is 0 Å². The molecule has 1 aromatic heterocycles. The SMILES string of the molecule is N#CC1=C(N)Oc2n[nH]c(-c3ccccc3)c2[C@]12C(=O)N(Cc1cccc3ccccc13)c1ccccc12. The van der Waals surface area contributed by atoms with Crippen molar-refractivity contribution in [3.05, 3.63) is 125 Å². The van der Waals surface area contributed by atoms with Crippen LogP contribution in [0.4, 0.5) is 5.69 Å². The van der Waals surface area contributed by atoms with Crippen molar-refractivity contribution in [1.82, 2.24) is 10.2 Å². The molecule has 2 aliphatic heterocycles. The van der Waals surface area contributed by atoms with E-state index in [1.165, 1.54) is 0 Å². The summed E-state index contributed by atoms with van der Waals surface area (Å²) in [4.78, 5) is 16.6.